The normalized spacial score (nSPS) is 36.1. The first-order chi connectivity index (χ1) is 27.9. The van der Waals surface area contributed by atoms with Gasteiger partial charge in [0.25, 0.3) is 0 Å². The van der Waals surface area contributed by atoms with Crippen LogP contribution < -0.4 is 0 Å². The molecule has 3 saturated heterocycles. The molecule has 1 N–H and O–H groups in total. The quantitative estimate of drug-likeness (QED) is 0.0987. The third-order valence-electron chi connectivity index (χ3n) is 12.8. The molecule has 0 radical (unpaired) electrons. The summed E-state index contributed by atoms with van der Waals surface area (Å²) in [5.41, 5.74) is -1.08. The molecule has 59 heavy (non-hydrogen) atoms. The van der Waals surface area contributed by atoms with E-state index in [0.29, 0.717) is 19.4 Å². The van der Waals surface area contributed by atoms with E-state index in [0.717, 1.165) is 16.3 Å². The summed E-state index contributed by atoms with van der Waals surface area (Å²) in [6.07, 6.45) is 3.13. The maximum absolute atomic E-state index is 14.7. The molecule has 0 aromatic carbocycles. The summed E-state index contributed by atoms with van der Waals surface area (Å²) in [7, 11) is 2.89. The molecule has 2 aromatic rings. The number of rotatable bonds is 12. The Labute approximate surface area is 346 Å². The number of aliphatic hydroxyl groups excluding tert-OH is 1. The molecule has 0 saturated carbocycles. The molecule has 1 amide bonds. The number of aliphatic hydroxyl groups is 1. The molecule has 13 atom stereocenters. The Bertz CT molecular complexity index is 1800. The van der Waals surface area contributed by atoms with Gasteiger partial charge in [-0.1, -0.05) is 27.7 Å². The summed E-state index contributed by atoms with van der Waals surface area (Å²) >= 11 is 0. The van der Waals surface area contributed by atoms with Crippen LogP contribution in [0.1, 0.15) is 87.5 Å². The van der Waals surface area contributed by atoms with Gasteiger partial charge < -0.3 is 38.3 Å². The third kappa shape index (κ3) is 9.53. The van der Waals surface area contributed by atoms with Crippen LogP contribution in [0.15, 0.2) is 42.3 Å². The van der Waals surface area contributed by atoms with Crippen molar-refractivity contribution in [2.45, 2.75) is 148 Å². The molecule has 17 heteroatoms. The van der Waals surface area contributed by atoms with E-state index < -0.39 is 95.5 Å². The second-order valence-electron chi connectivity index (χ2n) is 17.0. The van der Waals surface area contributed by atoms with Crippen molar-refractivity contribution in [2.24, 2.45) is 29.0 Å². The fourth-order valence-electron chi connectivity index (χ4n) is 9.35. The van der Waals surface area contributed by atoms with E-state index >= 15 is 0 Å². The van der Waals surface area contributed by atoms with Gasteiger partial charge in [-0.2, -0.15) is 0 Å². The molecule has 3 aliphatic heterocycles. The minimum absolute atomic E-state index is 0.0623. The van der Waals surface area contributed by atoms with Gasteiger partial charge in [0.15, 0.2) is 17.7 Å². The number of cyclic esters (lactones) is 1. The second-order valence-corrected chi connectivity index (χ2v) is 17.0. The zero-order chi connectivity index (χ0) is 43.4. The van der Waals surface area contributed by atoms with Crippen molar-refractivity contribution in [3.63, 3.8) is 0 Å². The molecule has 0 unspecified atom stereocenters. The molecule has 0 spiro atoms. The predicted octanol–water partition coefficient (Wildman–Crippen LogP) is 4.98. The number of aromatic nitrogens is 3. The zero-order valence-electron chi connectivity index (χ0n) is 36.0. The Kier molecular flexibility index (Phi) is 14.7. The standard InChI is InChI=1S/C42H62N6O11/c1-11-32-42(8)36(48(40(53)59-42)18-13-12-17-47-22-30(44-23-47)29-15-14-16-43-21-29)26(4)33(49)24(2)20-41(7,55-10)37(27(5)34(50)28(6)38(52)57-32)58-39-35(51)31(46(9)45-54)19-25(3)56-39/h14-16,21-28,31-32,35-37,39,51H,11-13,17-20H2,1-10H3/t24-,25-,26+,27+,28-,31+,32-,35-,36-,37-,39+,41-,42-/m1/s1. The first-order valence-electron chi connectivity index (χ1n) is 20.7. The Hall–Kier alpha value is -4.32. The number of esters is 1. The minimum Gasteiger partial charge on any atom is -0.458 e. The lowest BCUT2D eigenvalue weighted by atomic mass is 9.73. The first kappa shape index (κ1) is 45.8. The van der Waals surface area contributed by atoms with Gasteiger partial charge in [0.2, 0.25) is 0 Å². The fraction of sp³-hybridized carbons (Fsp3) is 0.714. The van der Waals surface area contributed by atoms with E-state index in [1.807, 2.05) is 22.9 Å². The number of nitroso groups, excluding NO2 is 1. The molecular weight excluding hydrogens is 764 g/mol. The van der Waals surface area contributed by atoms with Crippen molar-refractivity contribution < 1.29 is 48.0 Å². The molecular formula is C42H62N6O11. The van der Waals surface area contributed by atoms with Gasteiger partial charge in [0, 0.05) is 69.2 Å². The van der Waals surface area contributed by atoms with Gasteiger partial charge in [-0.25, -0.2) is 9.78 Å². The van der Waals surface area contributed by atoms with Crippen LogP contribution in [0.25, 0.3) is 11.3 Å². The maximum atomic E-state index is 14.7. The fourth-order valence-corrected chi connectivity index (χ4v) is 9.35. The van der Waals surface area contributed by atoms with Crippen molar-refractivity contribution in [1.29, 1.82) is 0 Å². The minimum atomic E-state index is -1.43. The van der Waals surface area contributed by atoms with Gasteiger partial charge >= 0.3 is 12.1 Å². The Balaban J connectivity index is 1.44. The predicted molar refractivity (Wildman–Crippen MR) is 214 cm³/mol. The summed E-state index contributed by atoms with van der Waals surface area (Å²) in [6, 6.07) is 2.22. The number of fused-ring (bicyclic) bond motifs is 1. The molecule has 5 rings (SSSR count). The van der Waals surface area contributed by atoms with E-state index in [-0.39, 0.29) is 31.6 Å². The number of ether oxygens (including phenoxy) is 5. The second kappa shape index (κ2) is 18.9. The van der Waals surface area contributed by atoms with Crippen molar-refractivity contribution >= 4 is 23.6 Å². The highest BCUT2D eigenvalue weighted by molar-refractivity contribution is 6.00. The largest absolute Gasteiger partial charge is 0.458 e. The average molecular weight is 827 g/mol. The number of amides is 1. The number of methoxy groups -OCH3 is 1. The number of aryl methyl sites for hydroxylation is 1. The number of likely N-dealkylation sites (N-methyl/N-ethyl adjacent to an activating group) is 1. The molecule has 17 nitrogen and oxygen atoms in total. The van der Waals surface area contributed by atoms with Crippen molar-refractivity contribution in [3.8, 4) is 11.3 Å². The molecule has 3 fully saturated rings. The average Bonchev–Trinajstić information content (AvgIpc) is 3.80. The number of carbonyl (C=O) groups excluding carboxylic acids is 4. The maximum Gasteiger partial charge on any atom is 0.410 e. The number of unbranched alkanes of at least 4 members (excludes halogenated alkanes) is 1. The molecule has 3 aliphatic rings. The Morgan fingerprint density at radius 3 is 2.41 bits per heavy atom. The Morgan fingerprint density at radius 1 is 1.05 bits per heavy atom. The van der Waals surface area contributed by atoms with Gasteiger partial charge in [0.05, 0.1) is 47.2 Å². The summed E-state index contributed by atoms with van der Waals surface area (Å²) < 4.78 is 32.9. The van der Waals surface area contributed by atoms with E-state index in [2.05, 4.69) is 15.3 Å². The van der Waals surface area contributed by atoms with Gasteiger partial charge in [-0.15, -0.1) is 4.91 Å². The van der Waals surface area contributed by atoms with Crippen molar-refractivity contribution in [1.82, 2.24) is 24.4 Å². The van der Waals surface area contributed by atoms with Crippen LogP contribution in [0, 0.1) is 28.6 Å². The number of ketones is 2. The molecule has 326 valence electrons. The van der Waals surface area contributed by atoms with Gasteiger partial charge in [-0.05, 0) is 71.9 Å². The van der Waals surface area contributed by atoms with Crippen molar-refractivity contribution in [3.05, 3.63) is 42.0 Å². The number of pyridine rings is 1. The lowest BCUT2D eigenvalue weighted by molar-refractivity contribution is -0.296. The molecule has 0 aliphatic carbocycles. The zero-order valence-corrected chi connectivity index (χ0v) is 36.0. The smallest absolute Gasteiger partial charge is 0.410 e. The topological polar surface area (TPSA) is 201 Å². The van der Waals surface area contributed by atoms with Crippen LogP contribution in [0.4, 0.5) is 4.79 Å². The number of carbonyl (C=O) groups is 4. The van der Waals surface area contributed by atoms with E-state index in [4.69, 9.17) is 23.7 Å². The lowest BCUT2D eigenvalue weighted by Gasteiger charge is -2.46. The number of imidazole rings is 1. The van der Waals surface area contributed by atoms with Crippen LogP contribution >= 0.6 is 0 Å². The van der Waals surface area contributed by atoms with E-state index in [1.54, 1.807) is 72.1 Å². The van der Waals surface area contributed by atoms with Gasteiger partial charge in [0.1, 0.15) is 23.9 Å². The molecule has 2 aromatic heterocycles. The van der Waals surface area contributed by atoms with Crippen molar-refractivity contribution in [2.75, 3.05) is 20.7 Å². The van der Waals surface area contributed by atoms with E-state index in [1.165, 1.54) is 21.1 Å². The number of nitrogens with zero attached hydrogens (tertiary/aromatic N) is 6. The molecule has 0 bridgehead atoms. The summed E-state index contributed by atoms with van der Waals surface area (Å²) in [5.74, 6) is -5.35. The lowest BCUT2D eigenvalue weighted by Crippen LogP contribution is -2.60. The third-order valence-corrected chi connectivity index (χ3v) is 12.8. The highest BCUT2D eigenvalue weighted by atomic mass is 16.7. The first-order valence-corrected chi connectivity index (χ1v) is 20.7. The van der Waals surface area contributed by atoms with Gasteiger partial charge in [-0.3, -0.25) is 24.4 Å². The Morgan fingerprint density at radius 2 is 1.76 bits per heavy atom. The summed E-state index contributed by atoms with van der Waals surface area (Å²) in [6.45, 7) is 14.5. The SMILES string of the molecule is CC[C@H]1OC(=O)[C@H](C)C(=O)[C@H](C)[C@@H](O[C@@H]2O[C@H](C)C[C@H](N(C)N=O)[C@H]2O)[C@](C)(OC)C[C@@H](C)C(=O)[C@H](C)[C@H]2N(CCCCn3cnc(-c4cccnc4)c3)C(=O)O[C@]12C. The van der Waals surface area contributed by atoms with E-state index in [9.17, 15) is 29.2 Å². The van der Waals surface area contributed by atoms with Crippen LogP contribution in [0.3, 0.4) is 0 Å². The summed E-state index contributed by atoms with van der Waals surface area (Å²) in [5, 5.41) is 15.5. The number of hydrogen-bond acceptors (Lipinski definition) is 14. The highest BCUT2D eigenvalue weighted by Crippen LogP contribution is 2.43. The summed E-state index contributed by atoms with van der Waals surface area (Å²) in [4.78, 5) is 78.5. The van der Waals surface area contributed by atoms with Crippen LogP contribution in [0.2, 0.25) is 0 Å². The van der Waals surface area contributed by atoms with Crippen LogP contribution in [-0.2, 0) is 44.6 Å². The monoisotopic (exact) mass is 826 g/mol. The van der Waals surface area contributed by atoms with Crippen LogP contribution in [0.5, 0.6) is 0 Å². The molecule has 5 heterocycles. The number of Topliss-reactive ketones (excluding diaryl/α,β-unsaturated/α-hetero) is 2. The number of hydrogen-bond donors (Lipinski definition) is 1. The highest BCUT2D eigenvalue weighted by Gasteiger charge is 2.60. The van der Waals surface area contributed by atoms with Crippen LogP contribution in [-0.4, -0.2) is 128 Å².